The molecule has 1 atom stereocenters. The third-order valence-electron chi connectivity index (χ3n) is 3.56. The number of amides is 1. The Kier molecular flexibility index (Phi) is 4.43. The van der Waals surface area contributed by atoms with Crippen molar-refractivity contribution in [2.75, 3.05) is 18.6 Å². The van der Waals surface area contributed by atoms with E-state index in [9.17, 15) is 9.90 Å². The molecule has 0 fully saturated rings. The Morgan fingerprint density at radius 3 is 3.00 bits per heavy atom. The molecule has 1 unspecified atom stereocenters. The highest BCUT2D eigenvalue weighted by Gasteiger charge is 2.27. The van der Waals surface area contributed by atoms with Crippen LogP contribution in [0.4, 0.5) is 5.69 Å². The van der Waals surface area contributed by atoms with Crippen molar-refractivity contribution < 1.29 is 14.6 Å². The summed E-state index contributed by atoms with van der Waals surface area (Å²) in [6.07, 6.45) is 2.57. The number of benzene rings is 1. The Labute approximate surface area is 114 Å². The summed E-state index contributed by atoms with van der Waals surface area (Å²) in [7, 11) is 1.60. The second kappa shape index (κ2) is 6.06. The van der Waals surface area contributed by atoms with Crippen molar-refractivity contribution in [3.8, 4) is 5.75 Å². The fourth-order valence-electron chi connectivity index (χ4n) is 2.42. The molecule has 0 aliphatic carbocycles. The zero-order valence-corrected chi connectivity index (χ0v) is 11.6. The van der Waals surface area contributed by atoms with Gasteiger partial charge >= 0.3 is 0 Å². The van der Waals surface area contributed by atoms with Crippen LogP contribution >= 0.6 is 0 Å². The first-order chi connectivity index (χ1) is 9.17. The fourth-order valence-corrected chi connectivity index (χ4v) is 2.42. The number of unbranched alkanes of at least 4 members (excludes halogenated alkanes) is 1. The predicted octanol–water partition coefficient (Wildman–Crippen LogP) is 2.66. The predicted molar refractivity (Wildman–Crippen MR) is 74.4 cm³/mol. The number of ether oxygens (including phenoxy) is 1. The minimum Gasteiger partial charge on any atom is -0.497 e. The van der Waals surface area contributed by atoms with Crippen LogP contribution in [0.3, 0.4) is 0 Å². The number of hydrogen-bond donors (Lipinski definition) is 1. The molecule has 1 aliphatic rings. The Morgan fingerprint density at radius 1 is 1.53 bits per heavy atom. The standard InChI is InChI=1S/C15H21NO3/c1-3-4-5-15(18)16-9-8-14(17)12-7-6-11(19-2)10-13(12)16/h6-7,10,14,17H,3-5,8-9H2,1-2H3. The minimum atomic E-state index is -0.490. The van der Waals surface area contributed by atoms with Gasteiger partial charge in [0.25, 0.3) is 0 Å². The first-order valence-corrected chi connectivity index (χ1v) is 6.83. The van der Waals surface area contributed by atoms with Gasteiger partial charge in [0.2, 0.25) is 5.91 Å². The molecular formula is C15H21NO3. The topological polar surface area (TPSA) is 49.8 Å². The van der Waals surface area contributed by atoms with Crippen LogP contribution in [0, 0.1) is 0 Å². The fraction of sp³-hybridized carbons (Fsp3) is 0.533. The van der Waals surface area contributed by atoms with E-state index >= 15 is 0 Å². The van der Waals surface area contributed by atoms with Gasteiger partial charge in [0.05, 0.1) is 18.9 Å². The van der Waals surface area contributed by atoms with Crippen molar-refractivity contribution in [2.45, 2.75) is 38.7 Å². The number of fused-ring (bicyclic) bond motifs is 1. The third-order valence-corrected chi connectivity index (χ3v) is 3.56. The number of carbonyl (C=O) groups is 1. The summed E-state index contributed by atoms with van der Waals surface area (Å²) in [5, 5.41) is 10.0. The third kappa shape index (κ3) is 2.89. The molecule has 4 heteroatoms. The van der Waals surface area contributed by atoms with Crippen LogP contribution in [0.2, 0.25) is 0 Å². The smallest absolute Gasteiger partial charge is 0.226 e. The summed E-state index contributed by atoms with van der Waals surface area (Å²) in [6, 6.07) is 5.50. The molecule has 1 N–H and O–H groups in total. The lowest BCUT2D eigenvalue weighted by Gasteiger charge is -2.32. The number of methoxy groups -OCH3 is 1. The molecular weight excluding hydrogens is 242 g/mol. The Bertz CT molecular complexity index is 459. The molecule has 4 nitrogen and oxygen atoms in total. The van der Waals surface area contributed by atoms with Gasteiger partial charge in [-0.1, -0.05) is 19.4 Å². The highest BCUT2D eigenvalue weighted by Crippen LogP contribution is 2.36. The number of aliphatic hydroxyl groups excluding tert-OH is 1. The SMILES string of the molecule is CCCCC(=O)N1CCC(O)c2ccc(OC)cc21. The summed E-state index contributed by atoms with van der Waals surface area (Å²) in [6.45, 7) is 2.65. The molecule has 0 saturated carbocycles. The maximum atomic E-state index is 12.2. The van der Waals surface area contributed by atoms with Gasteiger partial charge in [-0.25, -0.2) is 0 Å². The molecule has 0 spiro atoms. The van der Waals surface area contributed by atoms with Crippen molar-refractivity contribution in [3.63, 3.8) is 0 Å². The Hall–Kier alpha value is -1.55. The van der Waals surface area contributed by atoms with E-state index in [-0.39, 0.29) is 5.91 Å². The Balaban J connectivity index is 2.29. The van der Waals surface area contributed by atoms with Gasteiger partial charge in [-0.15, -0.1) is 0 Å². The lowest BCUT2D eigenvalue weighted by atomic mass is 9.98. The molecule has 0 radical (unpaired) electrons. The van der Waals surface area contributed by atoms with Gasteiger partial charge in [-0.05, 0) is 18.9 Å². The van der Waals surface area contributed by atoms with E-state index in [1.54, 1.807) is 12.0 Å². The van der Waals surface area contributed by atoms with Crippen molar-refractivity contribution >= 4 is 11.6 Å². The monoisotopic (exact) mass is 263 g/mol. The number of hydrogen-bond acceptors (Lipinski definition) is 3. The summed E-state index contributed by atoms with van der Waals surface area (Å²) >= 11 is 0. The van der Waals surface area contributed by atoms with Crippen LogP contribution in [0.25, 0.3) is 0 Å². The molecule has 1 aromatic carbocycles. The summed E-state index contributed by atoms with van der Waals surface area (Å²) < 4.78 is 5.21. The van der Waals surface area contributed by atoms with Crippen LogP contribution in [0.1, 0.15) is 44.3 Å². The molecule has 1 aromatic rings. The van der Waals surface area contributed by atoms with E-state index in [4.69, 9.17) is 4.74 Å². The number of rotatable bonds is 4. The minimum absolute atomic E-state index is 0.128. The van der Waals surface area contributed by atoms with E-state index in [0.717, 1.165) is 24.1 Å². The molecule has 19 heavy (non-hydrogen) atoms. The zero-order chi connectivity index (χ0) is 13.8. The number of anilines is 1. The zero-order valence-electron chi connectivity index (χ0n) is 11.6. The van der Waals surface area contributed by atoms with Crippen molar-refractivity contribution in [1.82, 2.24) is 0 Å². The molecule has 104 valence electrons. The molecule has 0 aromatic heterocycles. The summed E-state index contributed by atoms with van der Waals surface area (Å²) in [5.41, 5.74) is 1.61. The normalized spacial score (nSPS) is 18.1. The van der Waals surface area contributed by atoms with E-state index < -0.39 is 6.10 Å². The average Bonchev–Trinajstić information content (AvgIpc) is 2.44. The van der Waals surface area contributed by atoms with Gasteiger partial charge in [-0.3, -0.25) is 4.79 Å². The van der Waals surface area contributed by atoms with E-state index in [0.29, 0.717) is 25.1 Å². The van der Waals surface area contributed by atoms with Crippen molar-refractivity contribution in [1.29, 1.82) is 0 Å². The highest BCUT2D eigenvalue weighted by molar-refractivity contribution is 5.94. The molecule has 1 aliphatic heterocycles. The number of nitrogens with zero attached hydrogens (tertiary/aromatic N) is 1. The maximum absolute atomic E-state index is 12.2. The number of aliphatic hydroxyl groups is 1. The van der Waals surface area contributed by atoms with Gasteiger partial charge in [-0.2, -0.15) is 0 Å². The molecule has 0 saturated heterocycles. The largest absolute Gasteiger partial charge is 0.497 e. The van der Waals surface area contributed by atoms with Gasteiger partial charge in [0.15, 0.2) is 0 Å². The van der Waals surface area contributed by atoms with Crippen LogP contribution < -0.4 is 9.64 Å². The summed E-state index contributed by atoms with van der Waals surface area (Å²) in [5.74, 6) is 0.837. The molecule has 2 rings (SSSR count). The van der Waals surface area contributed by atoms with Crippen molar-refractivity contribution in [2.24, 2.45) is 0 Å². The number of carbonyl (C=O) groups excluding carboxylic acids is 1. The van der Waals surface area contributed by atoms with Crippen LogP contribution in [-0.2, 0) is 4.79 Å². The highest BCUT2D eigenvalue weighted by atomic mass is 16.5. The van der Waals surface area contributed by atoms with Crippen LogP contribution in [0.5, 0.6) is 5.75 Å². The van der Waals surface area contributed by atoms with E-state index in [1.807, 2.05) is 18.2 Å². The lowest BCUT2D eigenvalue weighted by molar-refractivity contribution is -0.118. The second-order valence-corrected chi connectivity index (χ2v) is 4.88. The Morgan fingerprint density at radius 2 is 2.32 bits per heavy atom. The average molecular weight is 263 g/mol. The van der Waals surface area contributed by atoms with Gasteiger partial charge in [0.1, 0.15) is 5.75 Å². The van der Waals surface area contributed by atoms with E-state index in [2.05, 4.69) is 6.92 Å². The summed E-state index contributed by atoms with van der Waals surface area (Å²) in [4.78, 5) is 14.0. The maximum Gasteiger partial charge on any atom is 0.226 e. The first kappa shape index (κ1) is 13.9. The molecule has 1 heterocycles. The van der Waals surface area contributed by atoms with Crippen LogP contribution in [0.15, 0.2) is 18.2 Å². The molecule has 0 bridgehead atoms. The quantitative estimate of drug-likeness (QED) is 0.908. The van der Waals surface area contributed by atoms with Gasteiger partial charge < -0.3 is 14.7 Å². The first-order valence-electron chi connectivity index (χ1n) is 6.83. The van der Waals surface area contributed by atoms with Crippen molar-refractivity contribution in [3.05, 3.63) is 23.8 Å². The van der Waals surface area contributed by atoms with Crippen LogP contribution in [-0.4, -0.2) is 24.7 Å². The van der Waals surface area contributed by atoms with Gasteiger partial charge in [0, 0.05) is 24.6 Å². The molecule has 1 amide bonds. The second-order valence-electron chi connectivity index (χ2n) is 4.88. The lowest BCUT2D eigenvalue weighted by Crippen LogP contribution is -2.36. The van der Waals surface area contributed by atoms with E-state index in [1.165, 1.54) is 0 Å².